The largest absolute Gasteiger partial charge is 0.422 e. The Kier molecular flexibility index (Phi) is 3.50. The summed E-state index contributed by atoms with van der Waals surface area (Å²) in [5, 5.41) is 8.29. The van der Waals surface area contributed by atoms with E-state index >= 15 is 0 Å². The van der Waals surface area contributed by atoms with Crippen molar-refractivity contribution in [2.75, 3.05) is 0 Å². The van der Waals surface area contributed by atoms with Crippen LogP contribution in [0.4, 0.5) is 22.0 Å². The lowest BCUT2D eigenvalue weighted by atomic mass is 10.1. The van der Waals surface area contributed by atoms with Crippen LogP contribution >= 0.6 is 0 Å². The number of hydrogen-bond donors (Lipinski definition) is 1. The Morgan fingerprint density at radius 1 is 1.41 bits per heavy atom. The summed E-state index contributed by atoms with van der Waals surface area (Å²) in [5.74, 6) is 0. The fourth-order valence-electron chi connectivity index (χ4n) is 1.27. The molecule has 0 saturated heterocycles. The van der Waals surface area contributed by atoms with Crippen LogP contribution in [0, 0.1) is 11.3 Å². The molecule has 0 radical (unpaired) electrons. The number of H-pyrrole nitrogens is 1. The zero-order valence-electron chi connectivity index (χ0n) is 8.11. The van der Waals surface area contributed by atoms with Gasteiger partial charge in [0, 0.05) is 11.8 Å². The van der Waals surface area contributed by atoms with E-state index in [4.69, 9.17) is 5.26 Å². The summed E-state index contributed by atoms with van der Waals surface area (Å²) in [6.07, 6.45) is -9.09. The molecule has 3 nitrogen and oxygen atoms in total. The molecular weight excluding hydrogens is 247 g/mol. The average Bonchev–Trinajstić information content (AvgIpc) is 2.14. The first-order valence-electron chi connectivity index (χ1n) is 4.25. The van der Waals surface area contributed by atoms with E-state index in [0.29, 0.717) is 6.07 Å². The maximum Gasteiger partial charge on any atom is 0.422 e. The van der Waals surface area contributed by atoms with Gasteiger partial charge in [-0.3, -0.25) is 4.79 Å². The molecule has 92 valence electrons. The molecule has 1 aromatic rings. The summed E-state index contributed by atoms with van der Waals surface area (Å²) in [6, 6.07) is 2.04. The highest BCUT2D eigenvalue weighted by atomic mass is 19.4. The quantitative estimate of drug-likeness (QED) is 0.821. The first-order chi connectivity index (χ1) is 7.77. The van der Waals surface area contributed by atoms with Gasteiger partial charge in [-0.25, -0.2) is 8.78 Å². The molecule has 1 heterocycles. The number of pyridine rings is 1. The van der Waals surface area contributed by atoms with Gasteiger partial charge in [0.2, 0.25) is 0 Å². The lowest BCUT2D eigenvalue weighted by Crippen LogP contribution is -2.24. The molecule has 0 aliphatic heterocycles. The number of nitrogens with one attached hydrogen (secondary N) is 1. The van der Waals surface area contributed by atoms with Crippen molar-refractivity contribution in [2.24, 2.45) is 0 Å². The Morgan fingerprint density at radius 2 is 2.00 bits per heavy atom. The Morgan fingerprint density at radius 3 is 2.41 bits per heavy atom. The van der Waals surface area contributed by atoms with E-state index in [9.17, 15) is 26.7 Å². The first kappa shape index (κ1) is 13.2. The number of halogens is 5. The van der Waals surface area contributed by atoms with Crippen LogP contribution in [0.15, 0.2) is 10.9 Å². The minimum absolute atomic E-state index is 0.277. The Balaban J connectivity index is 3.51. The van der Waals surface area contributed by atoms with Crippen LogP contribution in [-0.4, -0.2) is 4.98 Å². The number of aromatic nitrogens is 1. The van der Waals surface area contributed by atoms with Gasteiger partial charge in [-0.2, -0.15) is 18.4 Å². The van der Waals surface area contributed by atoms with Crippen LogP contribution in [0.2, 0.25) is 0 Å². The van der Waals surface area contributed by atoms with E-state index in [1.807, 2.05) is 0 Å². The molecule has 17 heavy (non-hydrogen) atoms. The van der Waals surface area contributed by atoms with Crippen LogP contribution in [0.25, 0.3) is 0 Å². The fourth-order valence-corrected chi connectivity index (χ4v) is 1.27. The maximum atomic E-state index is 12.4. The van der Waals surface area contributed by atoms with Gasteiger partial charge in [-0.15, -0.1) is 0 Å². The Labute approximate surface area is 91.5 Å². The number of nitrogens with zero attached hydrogens (tertiary/aromatic N) is 1. The lowest BCUT2D eigenvalue weighted by Gasteiger charge is -2.12. The molecule has 0 amide bonds. The highest BCUT2D eigenvalue weighted by Gasteiger charge is 2.39. The van der Waals surface area contributed by atoms with Crippen LogP contribution in [0.3, 0.4) is 0 Å². The van der Waals surface area contributed by atoms with E-state index in [0.717, 1.165) is 0 Å². The maximum absolute atomic E-state index is 12.4. The number of aromatic amines is 1. The molecule has 1 rings (SSSR count). The standard InChI is InChI=1S/C9H5F5N2O/c10-8(11)7-6(9(12,13)14)5(17)3-4(16-7)1-2-15/h3,8H,1H2,(H,16,17). The van der Waals surface area contributed by atoms with E-state index in [2.05, 4.69) is 0 Å². The van der Waals surface area contributed by atoms with Crippen molar-refractivity contribution >= 4 is 0 Å². The first-order valence-corrected chi connectivity index (χ1v) is 4.25. The van der Waals surface area contributed by atoms with Gasteiger partial charge in [0.05, 0.1) is 18.2 Å². The van der Waals surface area contributed by atoms with Crippen molar-refractivity contribution in [1.82, 2.24) is 4.98 Å². The summed E-state index contributed by atoms with van der Waals surface area (Å²) in [4.78, 5) is 12.9. The summed E-state index contributed by atoms with van der Waals surface area (Å²) in [7, 11) is 0. The molecule has 8 heteroatoms. The Hall–Kier alpha value is -1.91. The molecule has 0 bridgehead atoms. The number of rotatable bonds is 2. The van der Waals surface area contributed by atoms with Crippen LogP contribution < -0.4 is 5.43 Å². The highest BCUT2D eigenvalue weighted by molar-refractivity contribution is 5.28. The van der Waals surface area contributed by atoms with Gasteiger partial charge < -0.3 is 4.98 Å². The van der Waals surface area contributed by atoms with Gasteiger partial charge in [-0.1, -0.05) is 0 Å². The molecule has 0 aliphatic carbocycles. The van der Waals surface area contributed by atoms with Crippen LogP contribution in [0.5, 0.6) is 0 Å². The predicted molar refractivity (Wildman–Crippen MR) is 46.3 cm³/mol. The molecule has 0 atom stereocenters. The number of nitriles is 1. The SMILES string of the molecule is N#CCc1cc(=O)c(C(F)(F)F)c(C(F)F)[nH]1. The lowest BCUT2D eigenvalue weighted by molar-refractivity contribution is -0.140. The third kappa shape index (κ3) is 2.81. The molecule has 0 aliphatic rings. The van der Waals surface area contributed by atoms with E-state index in [1.165, 1.54) is 6.07 Å². The third-order valence-electron chi connectivity index (χ3n) is 1.89. The van der Waals surface area contributed by atoms with Crippen molar-refractivity contribution in [3.63, 3.8) is 0 Å². The van der Waals surface area contributed by atoms with Gasteiger partial charge >= 0.3 is 6.18 Å². The monoisotopic (exact) mass is 252 g/mol. The zero-order chi connectivity index (χ0) is 13.2. The third-order valence-corrected chi connectivity index (χ3v) is 1.89. The summed E-state index contributed by atoms with van der Waals surface area (Å²) in [6.45, 7) is 0. The van der Waals surface area contributed by atoms with Crippen molar-refractivity contribution in [3.05, 3.63) is 33.2 Å². The second-order valence-electron chi connectivity index (χ2n) is 3.08. The molecule has 0 fully saturated rings. The van der Waals surface area contributed by atoms with Crippen LogP contribution in [0.1, 0.15) is 23.4 Å². The summed E-state index contributed by atoms with van der Waals surface area (Å²) < 4.78 is 61.9. The second kappa shape index (κ2) is 4.53. The van der Waals surface area contributed by atoms with E-state index in [1.54, 1.807) is 4.98 Å². The van der Waals surface area contributed by atoms with Crippen LogP contribution in [-0.2, 0) is 12.6 Å². The van der Waals surface area contributed by atoms with Gasteiger partial charge in [0.15, 0.2) is 5.43 Å². The predicted octanol–water partition coefficient (Wildman–Crippen LogP) is 2.40. The molecule has 0 aromatic carbocycles. The van der Waals surface area contributed by atoms with E-state index < -0.39 is 35.7 Å². The highest BCUT2D eigenvalue weighted by Crippen LogP contribution is 2.32. The minimum Gasteiger partial charge on any atom is -0.356 e. The minimum atomic E-state index is -5.16. The van der Waals surface area contributed by atoms with Crippen molar-refractivity contribution in [3.8, 4) is 6.07 Å². The zero-order valence-corrected chi connectivity index (χ0v) is 8.11. The van der Waals surface area contributed by atoms with Gasteiger partial charge in [-0.05, 0) is 0 Å². The number of hydrogen-bond acceptors (Lipinski definition) is 2. The smallest absolute Gasteiger partial charge is 0.356 e. The number of alkyl halides is 5. The summed E-state index contributed by atoms with van der Waals surface area (Å²) >= 11 is 0. The normalized spacial score (nSPS) is 11.6. The summed E-state index contributed by atoms with van der Waals surface area (Å²) in [5.41, 5.74) is -5.28. The van der Waals surface area contributed by atoms with Crippen molar-refractivity contribution in [2.45, 2.75) is 19.0 Å². The molecular formula is C9H5F5N2O. The molecule has 0 saturated carbocycles. The Bertz CT molecular complexity index is 512. The molecule has 1 aromatic heterocycles. The fraction of sp³-hybridized carbons (Fsp3) is 0.333. The second-order valence-corrected chi connectivity index (χ2v) is 3.08. The molecule has 1 N–H and O–H groups in total. The van der Waals surface area contributed by atoms with Crippen molar-refractivity contribution < 1.29 is 22.0 Å². The van der Waals surface area contributed by atoms with Gasteiger partial charge in [0.25, 0.3) is 6.43 Å². The van der Waals surface area contributed by atoms with Crippen molar-refractivity contribution in [1.29, 1.82) is 5.26 Å². The van der Waals surface area contributed by atoms with E-state index in [-0.39, 0.29) is 5.69 Å². The topological polar surface area (TPSA) is 56.6 Å². The molecule has 0 spiro atoms. The molecule has 0 unspecified atom stereocenters. The van der Waals surface area contributed by atoms with Gasteiger partial charge in [0.1, 0.15) is 5.56 Å². The average molecular weight is 252 g/mol.